The van der Waals surface area contributed by atoms with Crippen molar-refractivity contribution in [3.63, 3.8) is 0 Å². The normalized spacial score (nSPS) is 10.8. The Bertz CT molecular complexity index is 421. The first kappa shape index (κ1) is 21.0. The van der Waals surface area contributed by atoms with Crippen LogP contribution in [0.5, 0.6) is 0 Å². The number of halogens is 1. The Hall–Kier alpha value is -1.02. The zero-order valence-corrected chi connectivity index (χ0v) is 16.4. The van der Waals surface area contributed by atoms with Crippen LogP contribution in [0.15, 0.2) is 29.3 Å². The first-order chi connectivity index (χ1) is 10.2. The van der Waals surface area contributed by atoms with Gasteiger partial charge >= 0.3 is 0 Å². The third kappa shape index (κ3) is 8.43. The van der Waals surface area contributed by atoms with Crippen LogP contribution in [-0.2, 0) is 11.3 Å². The molecule has 0 aromatic heterocycles. The van der Waals surface area contributed by atoms with Crippen LogP contribution in [0.4, 0.5) is 5.69 Å². The second kappa shape index (κ2) is 12.5. The Morgan fingerprint density at radius 2 is 1.86 bits per heavy atom. The summed E-state index contributed by atoms with van der Waals surface area (Å²) in [7, 11) is 5.87. The maximum Gasteiger partial charge on any atom is 0.191 e. The molecule has 126 valence electrons. The summed E-state index contributed by atoms with van der Waals surface area (Å²) in [6, 6.07) is 8.50. The van der Waals surface area contributed by atoms with Crippen molar-refractivity contribution in [1.82, 2.24) is 10.6 Å². The van der Waals surface area contributed by atoms with Crippen molar-refractivity contribution in [2.24, 2.45) is 4.99 Å². The lowest BCUT2D eigenvalue weighted by Gasteiger charge is -2.14. The number of anilines is 1. The Balaban J connectivity index is 0.00000441. The fourth-order valence-electron chi connectivity index (χ4n) is 1.84. The summed E-state index contributed by atoms with van der Waals surface area (Å²) in [6.45, 7) is 5.19. The Morgan fingerprint density at radius 3 is 2.41 bits per heavy atom. The van der Waals surface area contributed by atoms with Gasteiger partial charge in [0.2, 0.25) is 0 Å². The number of hydrogen-bond acceptors (Lipinski definition) is 3. The van der Waals surface area contributed by atoms with Crippen LogP contribution in [0.1, 0.15) is 18.9 Å². The molecule has 0 fully saturated rings. The SMILES string of the molecule is CCOCCCNC(=NC)NCc1ccc(N(C)C)cc1.I. The molecule has 1 aromatic carbocycles. The molecule has 5 nitrogen and oxygen atoms in total. The highest BCUT2D eigenvalue weighted by atomic mass is 127. The lowest BCUT2D eigenvalue weighted by atomic mass is 10.2. The molecule has 0 radical (unpaired) electrons. The minimum Gasteiger partial charge on any atom is -0.382 e. The predicted octanol–water partition coefficient (Wildman–Crippen LogP) is 2.46. The zero-order chi connectivity index (χ0) is 15.5. The molecule has 22 heavy (non-hydrogen) atoms. The third-order valence-electron chi connectivity index (χ3n) is 3.10. The van der Waals surface area contributed by atoms with E-state index in [4.69, 9.17) is 4.74 Å². The van der Waals surface area contributed by atoms with Gasteiger partial charge < -0.3 is 20.3 Å². The van der Waals surface area contributed by atoms with Crippen LogP contribution < -0.4 is 15.5 Å². The summed E-state index contributed by atoms with van der Waals surface area (Å²) >= 11 is 0. The molecule has 0 bridgehead atoms. The average Bonchev–Trinajstić information content (AvgIpc) is 2.50. The van der Waals surface area contributed by atoms with E-state index in [2.05, 4.69) is 44.8 Å². The van der Waals surface area contributed by atoms with E-state index in [1.54, 1.807) is 7.05 Å². The Labute approximate surface area is 151 Å². The van der Waals surface area contributed by atoms with Gasteiger partial charge in [-0.15, -0.1) is 24.0 Å². The van der Waals surface area contributed by atoms with E-state index in [-0.39, 0.29) is 24.0 Å². The van der Waals surface area contributed by atoms with Gasteiger partial charge in [-0.2, -0.15) is 0 Å². The van der Waals surface area contributed by atoms with Crippen molar-refractivity contribution in [3.05, 3.63) is 29.8 Å². The highest BCUT2D eigenvalue weighted by Crippen LogP contribution is 2.11. The maximum absolute atomic E-state index is 5.30. The van der Waals surface area contributed by atoms with Gasteiger partial charge in [0, 0.05) is 53.1 Å². The molecular formula is C16H29IN4O. The molecule has 0 aliphatic carbocycles. The van der Waals surface area contributed by atoms with Crippen molar-refractivity contribution >= 4 is 35.6 Å². The number of ether oxygens (including phenoxy) is 1. The predicted molar refractivity (Wildman–Crippen MR) is 105 cm³/mol. The van der Waals surface area contributed by atoms with Crippen LogP contribution in [-0.4, -0.2) is 46.9 Å². The van der Waals surface area contributed by atoms with Gasteiger partial charge in [0.1, 0.15) is 0 Å². The fraction of sp³-hybridized carbons (Fsp3) is 0.562. The van der Waals surface area contributed by atoms with E-state index in [0.29, 0.717) is 0 Å². The van der Waals surface area contributed by atoms with Gasteiger partial charge in [0.15, 0.2) is 5.96 Å². The second-order valence-electron chi connectivity index (χ2n) is 4.96. The van der Waals surface area contributed by atoms with Crippen LogP contribution in [0.3, 0.4) is 0 Å². The van der Waals surface area contributed by atoms with Crippen molar-refractivity contribution in [3.8, 4) is 0 Å². The smallest absolute Gasteiger partial charge is 0.191 e. The molecule has 0 amide bonds. The van der Waals surface area contributed by atoms with Crippen LogP contribution >= 0.6 is 24.0 Å². The molecule has 2 N–H and O–H groups in total. The number of nitrogens with one attached hydrogen (secondary N) is 2. The summed E-state index contributed by atoms with van der Waals surface area (Å²) in [5.41, 5.74) is 2.44. The first-order valence-corrected chi connectivity index (χ1v) is 7.46. The summed E-state index contributed by atoms with van der Waals surface area (Å²) in [4.78, 5) is 6.31. The highest BCUT2D eigenvalue weighted by Gasteiger charge is 1.99. The standard InChI is InChI=1S/C16H28N4O.HI/c1-5-21-12-6-11-18-16(17-2)19-13-14-7-9-15(10-8-14)20(3)4;/h7-10H,5-6,11-13H2,1-4H3,(H2,17,18,19);1H. The lowest BCUT2D eigenvalue weighted by Crippen LogP contribution is -2.37. The minimum atomic E-state index is 0. The minimum absolute atomic E-state index is 0. The molecule has 0 saturated carbocycles. The lowest BCUT2D eigenvalue weighted by molar-refractivity contribution is 0.145. The molecule has 0 heterocycles. The van der Waals surface area contributed by atoms with Crippen molar-refractivity contribution in [2.75, 3.05) is 45.8 Å². The largest absolute Gasteiger partial charge is 0.382 e. The summed E-state index contributed by atoms with van der Waals surface area (Å²) in [6.07, 6.45) is 0.978. The van der Waals surface area contributed by atoms with Crippen LogP contribution in [0.2, 0.25) is 0 Å². The number of aliphatic imine (C=N–C) groups is 1. The average molecular weight is 420 g/mol. The molecule has 1 aromatic rings. The van der Waals surface area contributed by atoms with E-state index in [0.717, 1.165) is 38.7 Å². The molecule has 1 rings (SSSR count). The monoisotopic (exact) mass is 420 g/mol. The topological polar surface area (TPSA) is 48.9 Å². The van der Waals surface area contributed by atoms with Gasteiger partial charge in [-0.1, -0.05) is 12.1 Å². The van der Waals surface area contributed by atoms with Gasteiger partial charge in [-0.25, -0.2) is 0 Å². The van der Waals surface area contributed by atoms with Crippen molar-refractivity contribution in [1.29, 1.82) is 0 Å². The molecule has 6 heteroatoms. The van der Waals surface area contributed by atoms with Gasteiger partial charge in [-0.3, -0.25) is 4.99 Å². The molecule has 0 saturated heterocycles. The van der Waals surface area contributed by atoms with Gasteiger partial charge in [-0.05, 0) is 31.0 Å². The number of benzene rings is 1. The summed E-state index contributed by atoms with van der Waals surface area (Å²) in [5, 5.41) is 6.59. The first-order valence-electron chi connectivity index (χ1n) is 7.46. The number of hydrogen-bond donors (Lipinski definition) is 2. The zero-order valence-electron chi connectivity index (χ0n) is 14.1. The van der Waals surface area contributed by atoms with Gasteiger partial charge in [0.05, 0.1) is 0 Å². The molecule has 0 aliphatic heterocycles. The summed E-state index contributed by atoms with van der Waals surface area (Å²) < 4.78 is 5.30. The molecule has 0 aliphatic rings. The highest BCUT2D eigenvalue weighted by molar-refractivity contribution is 14.0. The fourth-order valence-corrected chi connectivity index (χ4v) is 1.84. The van der Waals surface area contributed by atoms with Crippen molar-refractivity contribution in [2.45, 2.75) is 19.9 Å². The Morgan fingerprint density at radius 1 is 1.18 bits per heavy atom. The summed E-state index contributed by atoms with van der Waals surface area (Å²) in [5.74, 6) is 0.822. The van der Waals surface area contributed by atoms with E-state index in [1.807, 2.05) is 21.0 Å². The quantitative estimate of drug-likeness (QED) is 0.294. The molecule has 0 unspecified atom stereocenters. The van der Waals surface area contributed by atoms with Crippen LogP contribution in [0.25, 0.3) is 0 Å². The van der Waals surface area contributed by atoms with Gasteiger partial charge in [0.25, 0.3) is 0 Å². The number of rotatable bonds is 8. The van der Waals surface area contributed by atoms with Crippen LogP contribution in [0, 0.1) is 0 Å². The van der Waals surface area contributed by atoms with Crippen molar-refractivity contribution < 1.29 is 4.74 Å². The second-order valence-corrected chi connectivity index (χ2v) is 4.96. The third-order valence-corrected chi connectivity index (χ3v) is 3.10. The molecule has 0 spiro atoms. The Kier molecular flexibility index (Phi) is 11.9. The van der Waals surface area contributed by atoms with E-state index < -0.39 is 0 Å². The van der Waals surface area contributed by atoms with E-state index in [9.17, 15) is 0 Å². The van der Waals surface area contributed by atoms with E-state index >= 15 is 0 Å². The van der Waals surface area contributed by atoms with E-state index in [1.165, 1.54) is 11.3 Å². The number of nitrogens with zero attached hydrogens (tertiary/aromatic N) is 2. The maximum atomic E-state index is 5.30. The number of guanidine groups is 1. The molecule has 0 atom stereocenters. The molecular weight excluding hydrogens is 391 g/mol.